The first-order chi connectivity index (χ1) is 12.1. The van der Waals surface area contributed by atoms with Gasteiger partial charge in [0.05, 0.1) is 23.9 Å². The minimum absolute atomic E-state index is 0.406. The molecule has 8 heteroatoms. The van der Waals surface area contributed by atoms with Gasteiger partial charge < -0.3 is 15.5 Å². The summed E-state index contributed by atoms with van der Waals surface area (Å²) < 4.78 is 4.54. The first kappa shape index (κ1) is 16.8. The first-order valence-corrected chi connectivity index (χ1v) is 8.40. The fourth-order valence-corrected chi connectivity index (χ4v) is 3.07. The second-order valence-electron chi connectivity index (χ2n) is 5.18. The van der Waals surface area contributed by atoms with Crippen LogP contribution in [0.15, 0.2) is 47.4 Å². The van der Waals surface area contributed by atoms with Crippen molar-refractivity contribution in [1.82, 2.24) is 9.97 Å². The topological polar surface area (TPSA) is 110 Å². The average Bonchev–Trinajstić information content (AvgIpc) is 3.03. The number of carbonyl (C=O) groups is 2. The number of amides is 2. The fraction of sp³-hybridized carbons (Fsp3) is 0.118. The number of fused-ring (bicyclic) bond motifs is 1. The normalized spacial score (nSPS) is 10.6. The molecule has 0 aliphatic heterocycles. The molecule has 7 nitrogen and oxygen atoms in total. The lowest BCUT2D eigenvalue weighted by Crippen LogP contribution is -2.11. The number of primary amides is 1. The third-order valence-electron chi connectivity index (χ3n) is 3.49. The van der Waals surface area contributed by atoms with E-state index in [1.54, 1.807) is 36.0 Å². The third kappa shape index (κ3) is 3.92. The van der Waals surface area contributed by atoms with Crippen molar-refractivity contribution in [3.63, 3.8) is 0 Å². The van der Waals surface area contributed by atoms with Crippen LogP contribution in [0.5, 0.6) is 0 Å². The summed E-state index contributed by atoms with van der Waals surface area (Å²) in [5, 5.41) is 2.59. The van der Waals surface area contributed by atoms with Crippen LogP contribution in [-0.4, -0.2) is 29.1 Å². The molecule has 25 heavy (non-hydrogen) atoms. The SMILES string of the molecule is COC(=O)Nc1ccc(SCc2nc3c(C(N)=O)cccc3[nH]2)cc1. The number of benzene rings is 2. The van der Waals surface area contributed by atoms with E-state index in [-0.39, 0.29) is 0 Å². The highest BCUT2D eigenvalue weighted by atomic mass is 32.2. The van der Waals surface area contributed by atoms with Crippen molar-refractivity contribution in [1.29, 1.82) is 0 Å². The highest BCUT2D eigenvalue weighted by Crippen LogP contribution is 2.25. The Morgan fingerprint density at radius 2 is 2.00 bits per heavy atom. The third-order valence-corrected chi connectivity index (χ3v) is 4.51. The number of methoxy groups -OCH3 is 1. The molecule has 0 unspecified atom stereocenters. The number of thioether (sulfide) groups is 1. The molecule has 4 N–H and O–H groups in total. The van der Waals surface area contributed by atoms with E-state index in [2.05, 4.69) is 20.0 Å². The number of para-hydroxylation sites is 1. The molecule has 1 aromatic heterocycles. The Labute approximate surface area is 148 Å². The number of hydrogen-bond donors (Lipinski definition) is 3. The highest BCUT2D eigenvalue weighted by molar-refractivity contribution is 7.98. The molecule has 0 bridgehead atoms. The molecule has 1 heterocycles. The summed E-state index contributed by atoms with van der Waals surface area (Å²) in [5.74, 6) is 0.867. The predicted molar refractivity (Wildman–Crippen MR) is 96.6 cm³/mol. The van der Waals surface area contributed by atoms with Gasteiger partial charge >= 0.3 is 6.09 Å². The number of H-pyrrole nitrogens is 1. The number of nitrogens with zero attached hydrogens (tertiary/aromatic N) is 1. The molecule has 0 radical (unpaired) electrons. The number of carbonyl (C=O) groups excluding carboxylic acids is 2. The zero-order valence-electron chi connectivity index (χ0n) is 13.4. The summed E-state index contributed by atoms with van der Waals surface area (Å²) in [7, 11) is 1.32. The van der Waals surface area contributed by atoms with E-state index in [1.165, 1.54) is 7.11 Å². The molecule has 2 amide bonds. The molecule has 128 valence electrons. The molecule has 0 saturated heterocycles. The summed E-state index contributed by atoms with van der Waals surface area (Å²) in [6.45, 7) is 0. The average molecular weight is 356 g/mol. The second-order valence-corrected chi connectivity index (χ2v) is 6.23. The summed E-state index contributed by atoms with van der Waals surface area (Å²) in [6, 6.07) is 12.7. The van der Waals surface area contributed by atoms with Crippen LogP contribution in [0.4, 0.5) is 10.5 Å². The van der Waals surface area contributed by atoms with Gasteiger partial charge in [-0.3, -0.25) is 10.1 Å². The molecule has 0 atom stereocenters. The summed E-state index contributed by atoms with van der Waals surface area (Å²) in [4.78, 5) is 31.3. The van der Waals surface area contributed by atoms with Gasteiger partial charge in [-0.25, -0.2) is 9.78 Å². The van der Waals surface area contributed by atoms with Crippen LogP contribution in [0.3, 0.4) is 0 Å². The zero-order valence-corrected chi connectivity index (χ0v) is 14.2. The van der Waals surface area contributed by atoms with Gasteiger partial charge in [-0.1, -0.05) is 6.07 Å². The maximum Gasteiger partial charge on any atom is 0.411 e. The highest BCUT2D eigenvalue weighted by Gasteiger charge is 2.11. The molecular weight excluding hydrogens is 340 g/mol. The Morgan fingerprint density at radius 1 is 1.24 bits per heavy atom. The van der Waals surface area contributed by atoms with Crippen LogP contribution in [0.1, 0.15) is 16.2 Å². The van der Waals surface area contributed by atoms with E-state index < -0.39 is 12.0 Å². The van der Waals surface area contributed by atoms with Crippen molar-refractivity contribution in [3.8, 4) is 0 Å². The number of hydrogen-bond acceptors (Lipinski definition) is 5. The predicted octanol–water partition coefficient (Wildman–Crippen LogP) is 3.13. The minimum Gasteiger partial charge on any atom is -0.453 e. The zero-order chi connectivity index (χ0) is 17.8. The number of rotatable bonds is 5. The Hall–Kier alpha value is -3.00. The van der Waals surface area contributed by atoms with Gasteiger partial charge in [0, 0.05) is 10.6 Å². The van der Waals surface area contributed by atoms with Crippen LogP contribution in [0, 0.1) is 0 Å². The van der Waals surface area contributed by atoms with Crippen molar-refractivity contribution >= 4 is 40.5 Å². The van der Waals surface area contributed by atoms with Gasteiger partial charge in [0.2, 0.25) is 0 Å². The number of aromatic nitrogens is 2. The number of aromatic amines is 1. The largest absolute Gasteiger partial charge is 0.453 e. The summed E-state index contributed by atoms with van der Waals surface area (Å²) in [5.41, 5.74) is 7.81. The molecule has 0 spiro atoms. The monoisotopic (exact) mass is 356 g/mol. The molecule has 2 aromatic carbocycles. The molecule has 0 saturated carbocycles. The van der Waals surface area contributed by atoms with E-state index >= 15 is 0 Å². The molecule has 3 aromatic rings. The van der Waals surface area contributed by atoms with Gasteiger partial charge in [0.25, 0.3) is 5.91 Å². The Balaban J connectivity index is 1.69. The number of ether oxygens (including phenoxy) is 1. The lowest BCUT2D eigenvalue weighted by Gasteiger charge is -2.04. The van der Waals surface area contributed by atoms with Crippen molar-refractivity contribution in [2.75, 3.05) is 12.4 Å². The van der Waals surface area contributed by atoms with Crippen LogP contribution < -0.4 is 11.1 Å². The lowest BCUT2D eigenvalue weighted by molar-refractivity contribution is 0.100. The number of anilines is 1. The summed E-state index contributed by atoms with van der Waals surface area (Å²) in [6.07, 6.45) is -0.507. The molecule has 0 aliphatic carbocycles. The van der Waals surface area contributed by atoms with Crippen molar-refractivity contribution in [2.45, 2.75) is 10.6 Å². The van der Waals surface area contributed by atoms with Gasteiger partial charge in [0.1, 0.15) is 11.3 Å². The molecular formula is C17H16N4O3S. The van der Waals surface area contributed by atoms with Crippen LogP contribution >= 0.6 is 11.8 Å². The number of imidazole rings is 1. The molecule has 0 fully saturated rings. The van der Waals surface area contributed by atoms with E-state index in [0.29, 0.717) is 22.5 Å². The van der Waals surface area contributed by atoms with Crippen LogP contribution in [-0.2, 0) is 10.5 Å². The Morgan fingerprint density at radius 3 is 2.68 bits per heavy atom. The van der Waals surface area contributed by atoms with Gasteiger partial charge in [-0.2, -0.15) is 0 Å². The van der Waals surface area contributed by atoms with Crippen LogP contribution in [0.25, 0.3) is 11.0 Å². The Bertz CT molecular complexity index is 921. The lowest BCUT2D eigenvalue weighted by atomic mass is 10.2. The Kier molecular flexibility index (Phi) is 4.90. The standard InChI is InChI=1S/C17H16N4O3S/c1-24-17(23)19-10-5-7-11(8-6-10)25-9-14-20-13-4-2-3-12(16(18)22)15(13)21-14/h2-8H,9H2,1H3,(H2,18,22)(H,19,23)(H,20,21). The molecule has 3 rings (SSSR count). The van der Waals surface area contributed by atoms with Gasteiger partial charge in [-0.15, -0.1) is 11.8 Å². The van der Waals surface area contributed by atoms with E-state index in [4.69, 9.17) is 5.73 Å². The van der Waals surface area contributed by atoms with Crippen molar-refractivity contribution in [3.05, 3.63) is 53.9 Å². The van der Waals surface area contributed by atoms with E-state index in [0.717, 1.165) is 16.2 Å². The van der Waals surface area contributed by atoms with E-state index in [9.17, 15) is 9.59 Å². The number of nitrogens with one attached hydrogen (secondary N) is 2. The first-order valence-electron chi connectivity index (χ1n) is 7.42. The van der Waals surface area contributed by atoms with Gasteiger partial charge in [0.15, 0.2) is 0 Å². The minimum atomic E-state index is -0.507. The van der Waals surface area contributed by atoms with Crippen molar-refractivity contribution < 1.29 is 14.3 Å². The van der Waals surface area contributed by atoms with Gasteiger partial charge in [-0.05, 0) is 36.4 Å². The van der Waals surface area contributed by atoms with Crippen LogP contribution in [0.2, 0.25) is 0 Å². The maximum absolute atomic E-state index is 11.5. The quantitative estimate of drug-likeness (QED) is 0.608. The van der Waals surface area contributed by atoms with Crippen molar-refractivity contribution in [2.24, 2.45) is 5.73 Å². The smallest absolute Gasteiger partial charge is 0.411 e. The fourth-order valence-electron chi connectivity index (χ4n) is 2.31. The van der Waals surface area contributed by atoms with E-state index in [1.807, 2.05) is 18.2 Å². The maximum atomic E-state index is 11.5. The molecule has 0 aliphatic rings. The number of nitrogens with two attached hydrogens (primary N) is 1. The summed E-state index contributed by atoms with van der Waals surface area (Å²) >= 11 is 1.58. The second kappa shape index (κ2) is 7.27.